The van der Waals surface area contributed by atoms with Gasteiger partial charge in [0.1, 0.15) is 5.76 Å². The third kappa shape index (κ3) is 2.00. The van der Waals surface area contributed by atoms with Gasteiger partial charge in [0.05, 0.1) is 11.8 Å². The summed E-state index contributed by atoms with van der Waals surface area (Å²) in [6.45, 7) is 3.89. The highest BCUT2D eigenvalue weighted by molar-refractivity contribution is 9.10. The van der Waals surface area contributed by atoms with E-state index in [9.17, 15) is 4.79 Å². The Labute approximate surface area is 120 Å². The number of hydrogen-bond acceptors (Lipinski definition) is 2. The van der Waals surface area contributed by atoms with Gasteiger partial charge in [-0.2, -0.15) is 0 Å². The molecule has 1 unspecified atom stereocenters. The first-order chi connectivity index (χ1) is 9.08. The van der Waals surface area contributed by atoms with E-state index in [1.165, 1.54) is 5.56 Å². The second kappa shape index (κ2) is 4.53. The molecule has 1 aromatic carbocycles. The monoisotopic (exact) mass is 319 g/mol. The molecule has 3 nitrogen and oxygen atoms in total. The maximum Gasteiger partial charge on any atom is 0.262 e. The number of halogens is 1. The zero-order chi connectivity index (χ0) is 13.6. The maximum atomic E-state index is 12.6. The minimum Gasteiger partial charge on any atom is -0.469 e. The SMILES string of the molecule is Cc1occc1C(=O)N1c2ccc(Br)cc2CC1C. The summed E-state index contributed by atoms with van der Waals surface area (Å²) in [7, 11) is 0. The van der Waals surface area contributed by atoms with Gasteiger partial charge in [-0.15, -0.1) is 0 Å². The molecule has 1 aliphatic heterocycles. The van der Waals surface area contributed by atoms with Crippen LogP contribution in [0.2, 0.25) is 0 Å². The maximum absolute atomic E-state index is 12.6. The van der Waals surface area contributed by atoms with Crippen LogP contribution in [-0.4, -0.2) is 11.9 Å². The number of benzene rings is 1. The first-order valence-corrected chi connectivity index (χ1v) is 7.03. The van der Waals surface area contributed by atoms with Crippen LogP contribution in [0.25, 0.3) is 0 Å². The van der Waals surface area contributed by atoms with E-state index in [1.54, 1.807) is 12.3 Å². The molecule has 1 atom stereocenters. The zero-order valence-corrected chi connectivity index (χ0v) is 12.4. The van der Waals surface area contributed by atoms with Crippen LogP contribution in [0.4, 0.5) is 5.69 Å². The fourth-order valence-corrected chi connectivity index (χ4v) is 3.05. The van der Waals surface area contributed by atoms with Crippen molar-refractivity contribution in [1.82, 2.24) is 0 Å². The van der Waals surface area contributed by atoms with Crippen molar-refractivity contribution in [1.29, 1.82) is 0 Å². The fourth-order valence-electron chi connectivity index (χ4n) is 2.65. The van der Waals surface area contributed by atoms with E-state index in [0.717, 1.165) is 16.6 Å². The Bertz CT molecular complexity index is 647. The highest BCUT2D eigenvalue weighted by Gasteiger charge is 2.32. The minimum absolute atomic E-state index is 0.0137. The van der Waals surface area contributed by atoms with E-state index in [-0.39, 0.29) is 11.9 Å². The molecule has 0 radical (unpaired) electrons. The van der Waals surface area contributed by atoms with Crippen LogP contribution in [0.5, 0.6) is 0 Å². The van der Waals surface area contributed by atoms with Crippen LogP contribution in [0.1, 0.15) is 28.6 Å². The molecule has 3 rings (SSSR count). The number of anilines is 1. The van der Waals surface area contributed by atoms with Crippen molar-refractivity contribution in [2.75, 3.05) is 4.90 Å². The summed E-state index contributed by atoms with van der Waals surface area (Å²) >= 11 is 3.47. The van der Waals surface area contributed by atoms with E-state index in [2.05, 4.69) is 28.9 Å². The van der Waals surface area contributed by atoms with Crippen molar-refractivity contribution < 1.29 is 9.21 Å². The summed E-state index contributed by atoms with van der Waals surface area (Å²) in [5.41, 5.74) is 2.85. The van der Waals surface area contributed by atoms with E-state index < -0.39 is 0 Å². The second-order valence-electron chi connectivity index (χ2n) is 4.89. The Morgan fingerprint density at radius 2 is 2.21 bits per heavy atom. The lowest BCUT2D eigenvalue weighted by atomic mass is 10.1. The zero-order valence-electron chi connectivity index (χ0n) is 10.8. The number of nitrogens with zero attached hydrogens (tertiary/aromatic N) is 1. The number of carbonyl (C=O) groups excluding carboxylic acids is 1. The number of furan rings is 1. The molecule has 1 amide bonds. The number of carbonyl (C=O) groups is 1. The predicted molar refractivity (Wildman–Crippen MR) is 77.6 cm³/mol. The molecule has 1 aromatic heterocycles. The molecule has 4 heteroatoms. The Hall–Kier alpha value is -1.55. The van der Waals surface area contributed by atoms with Crippen LogP contribution < -0.4 is 4.90 Å². The topological polar surface area (TPSA) is 33.5 Å². The van der Waals surface area contributed by atoms with Gasteiger partial charge >= 0.3 is 0 Å². The number of aryl methyl sites for hydroxylation is 1. The number of fused-ring (bicyclic) bond motifs is 1. The lowest BCUT2D eigenvalue weighted by Crippen LogP contribution is -2.35. The molecule has 98 valence electrons. The Kier molecular flexibility index (Phi) is 2.97. The normalized spacial score (nSPS) is 17.6. The van der Waals surface area contributed by atoms with Gasteiger partial charge in [-0.3, -0.25) is 4.79 Å². The summed E-state index contributed by atoms with van der Waals surface area (Å²) in [6.07, 6.45) is 2.45. The first-order valence-electron chi connectivity index (χ1n) is 6.24. The van der Waals surface area contributed by atoms with Crippen molar-refractivity contribution in [2.24, 2.45) is 0 Å². The summed E-state index contributed by atoms with van der Waals surface area (Å²) < 4.78 is 6.28. The van der Waals surface area contributed by atoms with Crippen LogP contribution in [-0.2, 0) is 6.42 Å². The van der Waals surface area contributed by atoms with E-state index in [0.29, 0.717) is 11.3 Å². The van der Waals surface area contributed by atoms with Gasteiger partial charge in [0.15, 0.2) is 0 Å². The van der Waals surface area contributed by atoms with Gasteiger partial charge in [-0.1, -0.05) is 15.9 Å². The van der Waals surface area contributed by atoms with Crippen LogP contribution in [0.3, 0.4) is 0 Å². The second-order valence-corrected chi connectivity index (χ2v) is 5.81. The lowest BCUT2D eigenvalue weighted by molar-refractivity contribution is 0.0980. The molecular weight excluding hydrogens is 306 g/mol. The Morgan fingerprint density at radius 3 is 2.89 bits per heavy atom. The summed E-state index contributed by atoms with van der Waals surface area (Å²) in [6, 6.07) is 7.96. The van der Waals surface area contributed by atoms with Gasteiger partial charge in [0.25, 0.3) is 5.91 Å². The fraction of sp³-hybridized carbons (Fsp3) is 0.267. The summed E-state index contributed by atoms with van der Waals surface area (Å²) in [4.78, 5) is 14.5. The molecule has 0 bridgehead atoms. The van der Waals surface area contributed by atoms with Crippen molar-refractivity contribution in [3.63, 3.8) is 0 Å². The number of rotatable bonds is 1. The Morgan fingerprint density at radius 1 is 1.42 bits per heavy atom. The molecule has 1 aliphatic rings. The van der Waals surface area contributed by atoms with Crippen LogP contribution in [0.15, 0.2) is 39.4 Å². The molecule has 19 heavy (non-hydrogen) atoms. The first kappa shape index (κ1) is 12.5. The Balaban J connectivity index is 2.03. The van der Waals surface area contributed by atoms with Crippen molar-refractivity contribution in [2.45, 2.75) is 26.3 Å². The summed E-state index contributed by atoms with van der Waals surface area (Å²) in [5.74, 6) is 0.683. The quantitative estimate of drug-likeness (QED) is 0.797. The molecule has 0 N–H and O–H groups in total. The van der Waals surface area contributed by atoms with Crippen LogP contribution in [0, 0.1) is 6.92 Å². The largest absolute Gasteiger partial charge is 0.469 e. The van der Waals surface area contributed by atoms with Crippen LogP contribution >= 0.6 is 15.9 Å². The van der Waals surface area contributed by atoms with Gasteiger partial charge in [-0.25, -0.2) is 0 Å². The predicted octanol–water partition coefficient (Wildman–Crippen LogP) is 3.94. The average Bonchev–Trinajstić information content (AvgIpc) is 2.90. The highest BCUT2D eigenvalue weighted by Crippen LogP contribution is 2.35. The number of hydrogen-bond donors (Lipinski definition) is 0. The smallest absolute Gasteiger partial charge is 0.262 e. The standard InChI is InChI=1S/C15H14BrNO2/c1-9-7-11-8-12(16)3-4-14(11)17(9)15(18)13-5-6-19-10(13)2/h3-6,8-9H,7H2,1-2H3. The minimum atomic E-state index is 0.0137. The lowest BCUT2D eigenvalue weighted by Gasteiger charge is -2.22. The molecule has 0 fully saturated rings. The highest BCUT2D eigenvalue weighted by atomic mass is 79.9. The summed E-state index contributed by atoms with van der Waals surface area (Å²) in [5, 5.41) is 0. The van der Waals surface area contributed by atoms with Gasteiger partial charge in [0, 0.05) is 16.2 Å². The van der Waals surface area contributed by atoms with Gasteiger partial charge in [-0.05, 0) is 50.1 Å². The molecular formula is C15H14BrNO2. The van der Waals surface area contributed by atoms with E-state index >= 15 is 0 Å². The van der Waals surface area contributed by atoms with Crippen molar-refractivity contribution in [3.8, 4) is 0 Å². The van der Waals surface area contributed by atoms with Crippen molar-refractivity contribution >= 4 is 27.5 Å². The van der Waals surface area contributed by atoms with Crippen molar-refractivity contribution in [3.05, 3.63) is 51.9 Å². The average molecular weight is 320 g/mol. The molecule has 0 spiro atoms. The molecule has 0 aliphatic carbocycles. The third-order valence-corrected chi connectivity index (χ3v) is 4.06. The molecule has 2 aromatic rings. The van der Waals surface area contributed by atoms with E-state index in [1.807, 2.05) is 24.0 Å². The third-order valence-electron chi connectivity index (χ3n) is 3.57. The van der Waals surface area contributed by atoms with Gasteiger partial charge in [0.2, 0.25) is 0 Å². The molecule has 2 heterocycles. The molecule has 0 saturated carbocycles. The number of amides is 1. The molecule has 0 saturated heterocycles. The van der Waals surface area contributed by atoms with Gasteiger partial charge < -0.3 is 9.32 Å². The van der Waals surface area contributed by atoms with E-state index in [4.69, 9.17) is 4.42 Å².